The van der Waals surface area contributed by atoms with Gasteiger partial charge >= 0.3 is 0 Å². The third-order valence-corrected chi connectivity index (χ3v) is 6.80. The van der Waals surface area contributed by atoms with Crippen LogP contribution < -0.4 is 10.2 Å². The summed E-state index contributed by atoms with van der Waals surface area (Å²) in [4.78, 5) is 16.1. The number of benzene rings is 3. The van der Waals surface area contributed by atoms with Crippen LogP contribution in [-0.4, -0.2) is 24.0 Å². The van der Waals surface area contributed by atoms with Crippen molar-refractivity contribution in [3.05, 3.63) is 71.3 Å². The van der Waals surface area contributed by atoms with Crippen molar-refractivity contribution in [2.24, 2.45) is 5.92 Å². The minimum absolute atomic E-state index is 0.00951. The normalized spacial score (nSPS) is 15.8. The van der Waals surface area contributed by atoms with Gasteiger partial charge in [0.25, 0.3) is 0 Å². The summed E-state index contributed by atoms with van der Waals surface area (Å²) < 4.78 is 5.89. The number of carbonyl (C=O) groups excluding carboxylic acids is 1. The van der Waals surface area contributed by atoms with Crippen molar-refractivity contribution in [3.63, 3.8) is 0 Å². The first kappa shape index (κ1) is 19.1. The highest BCUT2D eigenvalue weighted by Gasteiger charge is 2.34. The molecule has 0 bridgehead atoms. The van der Waals surface area contributed by atoms with Gasteiger partial charge in [-0.1, -0.05) is 48.5 Å². The van der Waals surface area contributed by atoms with Gasteiger partial charge in [0.15, 0.2) is 11.5 Å². The van der Waals surface area contributed by atoms with Crippen LogP contribution in [0.2, 0.25) is 0 Å². The molecular weight excluding hydrogens is 398 g/mol. The molecule has 0 saturated carbocycles. The van der Waals surface area contributed by atoms with E-state index in [0.717, 1.165) is 70.9 Å². The molecule has 4 aromatic rings. The van der Waals surface area contributed by atoms with E-state index < -0.39 is 0 Å². The molecule has 0 spiro atoms. The molecule has 1 aliphatic carbocycles. The van der Waals surface area contributed by atoms with Gasteiger partial charge < -0.3 is 14.7 Å². The van der Waals surface area contributed by atoms with Crippen LogP contribution >= 0.6 is 0 Å². The largest absolute Gasteiger partial charge is 0.370 e. The molecule has 6 rings (SSSR count). The van der Waals surface area contributed by atoms with E-state index in [1.807, 2.05) is 36.4 Å². The molecule has 0 amide bonds. The molecule has 1 fully saturated rings. The molecule has 5 heteroatoms. The van der Waals surface area contributed by atoms with Crippen LogP contribution in [0.15, 0.2) is 59.1 Å². The lowest BCUT2D eigenvalue weighted by Crippen LogP contribution is -2.33. The van der Waals surface area contributed by atoms with E-state index in [2.05, 4.69) is 47.4 Å². The lowest BCUT2D eigenvalue weighted by Gasteiger charge is -2.33. The van der Waals surface area contributed by atoms with Crippen LogP contribution in [-0.2, 0) is 0 Å². The Bertz CT molecular complexity index is 1360. The number of anilines is 3. The van der Waals surface area contributed by atoms with Crippen molar-refractivity contribution in [1.82, 2.24) is 5.16 Å². The Morgan fingerprint density at radius 2 is 1.81 bits per heavy atom. The van der Waals surface area contributed by atoms with Gasteiger partial charge in [0.1, 0.15) is 5.52 Å². The highest BCUT2D eigenvalue weighted by atomic mass is 16.5. The highest BCUT2D eigenvalue weighted by Crippen LogP contribution is 2.46. The van der Waals surface area contributed by atoms with Crippen molar-refractivity contribution in [2.75, 3.05) is 23.3 Å². The lowest BCUT2D eigenvalue weighted by atomic mass is 9.86. The molecule has 0 radical (unpaired) electrons. The van der Waals surface area contributed by atoms with E-state index in [4.69, 9.17) is 4.52 Å². The summed E-state index contributed by atoms with van der Waals surface area (Å²) in [6.45, 7) is 6.33. The lowest BCUT2D eigenvalue weighted by molar-refractivity contribution is 0.104. The summed E-state index contributed by atoms with van der Waals surface area (Å²) in [5.41, 5.74) is 6.87. The number of carbonyl (C=O) groups is 1. The molecule has 1 saturated heterocycles. The van der Waals surface area contributed by atoms with Gasteiger partial charge in [-0.25, -0.2) is 0 Å². The summed E-state index contributed by atoms with van der Waals surface area (Å²) in [7, 11) is 0. The van der Waals surface area contributed by atoms with Crippen molar-refractivity contribution in [1.29, 1.82) is 0 Å². The van der Waals surface area contributed by atoms with Gasteiger partial charge in [-0.15, -0.1) is 0 Å². The van der Waals surface area contributed by atoms with Gasteiger partial charge in [0, 0.05) is 29.9 Å². The first-order chi connectivity index (χ1) is 15.6. The van der Waals surface area contributed by atoms with Crippen LogP contribution in [0.25, 0.3) is 22.2 Å². The van der Waals surface area contributed by atoms with Crippen molar-refractivity contribution >= 4 is 33.7 Å². The third kappa shape index (κ3) is 2.92. The Kier molecular flexibility index (Phi) is 4.32. The number of piperidine rings is 1. The maximum absolute atomic E-state index is 13.7. The second-order valence-electron chi connectivity index (χ2n) is 9.09. The van der Waals surface area contributed by atoms with Crippen LogP contribution in [0.3, 0.4) is 0 Å². The number of nitrogens with zero attached hydrogens (tertiary/aromatic N) is 2. The summed E-state index contributed by atoms with van der Waals surface area (Å²) in [6, 6.07) is 17.9. The minimum Gasteiger partial charge on any atom is -0.370 e. The standard InChI is InChI=1S/C27H25N3O2/c1-16-10-12-30(13-11-16)22-15-21(28-18-7-5-6-17(2)14-18)23-24-25(22)29-32-27(24)20-9-4-3-8-19(20)26(23)31/h3-9,14-16,28H,10-13H2,1-2H3. The monoisotopic (exact) mass is 423 g/mol. The maximum atomic E-state index is 13.7. The van der Waals surface area contributed by atoms with Gasteiger partial charge in [-0.05, 0) is 49.4 Å². The first-order valence-electron chi connectivity index (χ1n) is 11.3. The van der Waals surface area contributed by atoms with E-state index in [9.17, 15) is 4.79 Å². The van der Waals surface area contributed by atoms with Gasteiger partial charge in [-0.3, -0.25) is 4.79 Å². The number of hydrogen-bond donors (Lipinski definition) is 1. The number of aromatic nitrogens is 1. The van der Waals surface area contributed by atoms with E-state index in [0.29, 0.717) is 16.9 Å². The van der Waals surface area contributed by atoms with E-state index in [1.165, 1.54) is 0 Å². The average Bonchev–Trinajstić information content (AvgIpc) is 3.24. The molecule has 1 N–H and O–H groups in total. The van der Waals surface area contributed by atoms with Crippen LogP contribution in [0.5, 0.6) is 0 Å². The zero-order chi connectivity index (χ0) is 21.8. The smallest absolute Gasteiger partial charge is 0.196 e. The average molecular weight is 424 g/mol. The summed E-state index contributed by atoms with van der Waals surface area (Å²) in [5.74, 6) is 1.42. The fraction of sp³-hybridized carbons (Fsp3) is 0.259. The first-order valence-corrected chi connectivity index (χ1v) is 11.3. The summed E-state index contributed by atoms with van der Waals surface area (Å²) >= 11 is 0. The van der Waals surface area contributed by atoms with Crippen molar-refractivity contribution < 1.29 is 9.32 Å². The Morgan fingerprint density at radius 1 is 1.03 bits per heavy atom. The molecule has 1 aliphatic heterocycles. The fourth-order valence-electron chi connectivity index (χ4n) is 5.01. The topological polar surface area (TPSA) is 58.4 Å². The van der Waals surface area contributed by atoms with Gasteiger partial charge in [0.05, 0.1) is 22.3 Å². The Morgan fingerprint density at radius 3 is 2.59 bits per heavy atom. The summed E-state index contributed by atoms with van der Waals surface area (Å²) in [6.07, 6.45) is 2.30. The number of hydrogen-bond acceptors (Lipinski definition) is 5. The quantitative estimate of drug-likeness (QED) is 0.368. The Balaban J connectivity index is 1.59. The van der Waals surface area contributed by atoms with Crippen molar-refractivity contribution in [3.8, 4) is 11.3 Å². The number of nitrogens with one attached hydrogen (secondary N) is 1. The second-order valence-corrected chi connectivity index (χ2v) is 9.09. The molecule has 160 valence electrons. The third-order valence-electron chi connectivity index (χ3n) is 6.80. The Hall–Kier alpha value is -3.60. The van der Waals surface area contributed by atoms with Crippen LogP contribution in [0.1, 0.15) is 41.3 Å². The number of ketones is 1. The zero-order valence-corrected chi connectivity index (χ0v) is 18.3. The van der Waals surface area contributed by atoms with E-state index >= 15 is 0 Å². The summed E-state index contributed by atoms with van der Waals surface area (Å²) in [5, 5.41) is 8.84. The van der Waals surface area contributed by atoms with Crippen LogP contribution in [0.4, 0.5) is 17.1 Å². The molecular formula is C27H25N3O2. The predicted molar refractivity (Wildman–Crippen MR) is 128 cm³/mol. The number of aryl methyl sites for hydroxylation is 1. The molecule has 2 aliphatic rings. The molecule has 0 atom stereocenters. The van der Waals surface area contributed by atoms with Gasteiger partial charge in [-0.2, -0.15) is 0 Å². The molecule has 3 aromatic carbocycles. The van der Waals surface area contributed by atoms with Gasteiger partial charge in [0.2, 0.25) is 0 Å². The number of fused-ring (bicyclic) bond motifs is 2. The molecule has 5 nitrogen and oxygen atoms in total. The number of rotatable bonds is 3. The molecule has 0 unspecified atom stereocenters. The Labute approximate surface area is 187 Å². The molecule has 2 heterocycles. The second kappa shape index (κ2) is 7.23. The zero-order valence-electron chi connectivity index (χ0n) is 18.3. The SMILES string of the molecule is Cc1cccc(Nc2cc(N3CCC(C)CC3)c3noc4c3c2C(=O)c2ccccc2-4)c1. The van der Waals surface area contributed by atoms with Crippen LogP contribution in [0, 0.1) is 12.8 Å². The van der Waals surface area contributed by atoms with Crippen molar-refractivity contribution in [2.45, 2.75) is 26.7 Å². The molecule has 1 aromatic heterocycles. The minimum atomic E-state index is 0.00951. The van der Waals surface area contributed by atoms with E-state index in [-0.39, 0.29) is 5.78 Å². The highest BCUT2D eigenvalue weighted by molar-refractivity contribution is 6.28. The fourth-order valence-corrected chi connectivity index (χ4v) is 5.01. The predicted octanol–water partition coefficient (Wildman–Crippen LogP) is 6.33. The molecule has 32 heavy (non-hydrogen) atoms. The van der Waals surface area contributed by atoms with E-state index in [1.54, 1.807) is 0 Å². The maximum Gasteiger partial charge on any atom is 0.196 e.